The summed E-state index contributed by atoms with van der Waals surface area (Å²) in [6, 6.07) is 17.1. The molecule has 34 heavy (non-hydrogen) atoms. The van der Waals surface area contributed by atoms with E-state index in [9.17, 15) is 9.59 Å². The van der Waals surface area contributed by atoms with Gasteiger partial charge in [-0.1, -0.05) is 42.5 Å². The van der Waals surface area contributed by atoms with E-state index in [2.05, 4.69) is 5.10 Å². The largest absolute Gasteiger partial charge is 0.462 e. The summed E-state index contributed by atoms with van der Waals surface area (Å²) in [6.45, 7) is 5.47. The van der Waals surface area contributed by atoms with Crippen molar-refractivity contribution in [1.82, 2.24) is 19.7 Å². The van der Waals surface area contributed by atoms with Crippen molar-refractivity contribution in [3.05, 3.63) is 77.1 Å². The van der Waals surface area contributed by atoms with Gasteiger partial charge in [0, 0.05) is 11.1 Å². The van der Waals surface area contributed by atoms with Gasteiger partial charge < -0.3 is 9.47 Å². The Labute approximate surface area is 195 Å². The lowest BCUT2D eigenvalue weighted by Crippen LogP contribution is -2.20. The summed E-state index contributed by atoms with van der Waals surface area (Å²) >= 11 is 0. The molecule has 0 fully saturated rings. The number of carbonyl (C=O) groups is 2. The molecule has 0 aliphatic heterocycles. The molecule has 0 bridgehead atoms. The van der Waals surface area contributed by atoms with Gasteiger partial charge in [-0.3, -0.25) is 0 Å². The predicted molar refractivity (Wildman–Crippen MR) is 126 cm³/mol. The maximum Gasteiger partial charge on any atom is 0.346 e. The summed E-state index contributed by atoms with van der Waals surface area (Å²) in [5.74, 6) is -1.51. The third kappa shape index (κ3) is 3.35. The number of benzene rings is 2. The van der Waals surface area contributed by atoms with E-state index in [0.717, 1.165) is 11.3 Å². The van der Waals surface area contributed by atoms with E-state index >= 15 is 0 Å². The summed E-state index contributed by atoms with van der Waals surface area (Å²) < 4.78 is 12.2. The minimum Gasteiger partial charge on any atom is -0.462 e. The van der Waals surface area contributed by atoms with Crippen LogP contribution in [0.4, 0.5) is 0 Å². The Kier molecular flexibility index (Phi) is 5.41. The summed E-state index contributed by atoms with van der Waals surface area (Å²) in [6.07, 6.45) is 0. The van der Waals surface area contributed by atoms with Gasteiger partial charge in [-0.05, 0) is 38.5 Å². The highest BCUT2D eigenvalue weighted by molar-refractivity contribution is 6.24. The molecule has 2 aromatic heterocycles. The number of carbonyl (C=O) groups excluding carboxylic acids is 2. The topological polar surface area (TPSA) is 96.2 Å². The van der Waals surface area contributed by atoms with E-state index in [1.54, 1.807) is 18.5 Å². The molecule has 4 aromatic rings. The summed E-state index contributed by atoms with van der Waals surface area (Å²) in [5, 5.41) is 4.65. The van der Waals surface area contributed by atoms with Gasteiger partial charge >= 0.3 is 11.9 Å². The fraction of sp³-hybridized carbons (Fsp3) is 0.192. The zero-order chi connectivity index (χ0) is 23.8. The Morgan fingerprint density at radius 1 is 0.824 bits per heavy atom. The Hall–Kier alpha value is -4.33. The third-order valence-electron chi connectivity index (χ3n) is 5.57. The van der Waals surface area contributed by atoms with E-state index < -0.39 is 11.9 Å². The lowest BCUT2D eigenvalue weighted by molar-refractivity contribution is -0.146. The molecule has 170 valence electrons. The smallest absolute Gasteiger partial charge is 0.346 e. The first-order valence-corrected chi connectivity index (χ1v) is 11.1. The van der Waals surface area contributed by atoms with Gasteiger partial charge in [0.1, 0.15) is 5.52 Å². The van der Waals surface area contributed by atoms with E-state index in [1.165, 1.54) is 0 Å². The molecular formula is C26H22N4O4. The molecule has 0 radical (unpaired) electrons. The second-order valence-electron chi connectivity index (χ2n) is 7.66. The minimum absolute atomic E-state index is 0.122. The van der Waals surface area contributed by atoms with Gasteiger partial charge in [-0.2, -0.15) is 5.10 Å². The molecule has 5 rings (SSSR count). The second-order valence-corrected chi connectivity index (χ2v) is 7.66. The van der Waals surface area contributed by atoms with Gasteiger partial charge in [-0.15, -0.1) is 0 Å². The molecule has 0 spiro atoms. The predicted octanol–water partition coefficient (Wildman–Crippen LogP) is 4.03. The molecule has 1 aliphatic rings. The van der Waals surface area contributed by atoms with Crippen LogP contribution in [0, 0.1) is 6.92 Å². The van der Waals surface area contributed by atoms with Gasteiger partial charge in [0.05, 0.1) is 36.0 Å². The number of rotatable bonds is 5. The van der Waals surface area contributed by atoms with Gasteiger partial charge in [-0.25, -0.2) is 24.2 Å². The fourth-order valence-corrected chi connectivity index (χ4v) is 4.16. The van der Waals surface area contributed by atoms with Crippen molar-refractivity contribution in [2.45, 2.75) is 20.8 Å². The first-order chi connectivity index (χ1) is 16.5. The first kappa shape index (κ1) is 21.5. The first-order valence-electron chi connectivity index (χ1n) is 11.1. The number of para-hydroxylation sites is 1. The fourth-order valence-electron chi connectivity index (χ4n) is 4.16. The highest BCUT2D eigenvalue weighted by Gasteiger charge is 2.36. The molecule has 1 aliphatic carbocycles. The molecule has 0 amide bonds. The van der Waals surface area contributed by atoms with Crippen molar-refractivity contribution in [3.63, 3.8) is 0 Å². The Balaban J connectivity index is 1.84. The molecular weight excluding hydrogens is 432 g/mol. The maximum atomic E-state index is 12.9. The van der Waals surface area contributed by atoms with E-state index in [-0.39, 0.29) is 18.8 Å². The van der Waals surface area contributed by atoms with Crippen molar-refractivity contribution < 1.29 is 19.1 Å². The molecule has 0 unspecified atom stereocenters. The number of esters is 2. The summed E-state index contributed by atoms with van der Waals surface area (Å²) in [4.78, 5) is 35.7. The second kappa shape index (κ2) is 8.55. The number of ether oxygens (including phenoxy) is 2. The normalized spacial score (nSPS) is 11.8. The van der Waals surface area contributed by atoms with Crippen molar-refractivity contribution in [2.24, 2.45) is 0 Å². The molecule has 0 saturated carbocycles. The lowest BCUT2D eigenvalue weighted by atomic mass is 10.0. The molecule has 0 saturated heterocycles. The number of hydrogen-bond donors (Lipinski definition) is 0. The Bertz CT molecular complexity index is 1450. The standard InChI is InChI=1S/C26H22N4O4/c1-4-33-25(31)20(26(32)34-5-2)19-17-13-9-10-14-18(17)22-23(19)27-21-15(3)29-30(24(21)28-22)16-11-7-6-8-12-16/h6-14H,4-5H2,1-3H3. The van der Waals surface area contributed by atoms with Crippen LogP contribution >= 0.6 is 0 Å². The van der Waals surface area contributed by atoms with Crippen LogP contribution in [-0.4, -0.2) is 44.9 Å². The zero-order valence-corrected chi connectivity index (χ0v) is 19.0. The number of aryl methyl sites for hydroxylation is 1. The monoisotopic (exact) mass is 454 g/mol. The van der Waals surface area contributed by atoms with Crippen LogP contribution in [-0.2, 0) is 19.1 Å². The van der Waals surface area contributed by atoms with Crippen LogP contribution in [0.5, 0.6) is 0 Å². The van der Waals surface area contributed by atoms with Crippen molar-refractivity contribution in [2.75, 3.05) is 13.2 Å². The molecule has 8 nitrogen and oxygen atoms in total. The van der Waals surface area contributed by atoms with E-state index in [0.29, 0.717) is 39.4 Å². The molecule has 2 aromatic carbocycles. The molecule has 2 heterocycles. The number of hydrogen-bond acceptors (Lipinski definition) is 7. The summed E-state index contributed by atoms with van der Waals surface area (Å²) in [7, 11) is 0. The Morgan fingerprint density at radius 2 is 1.44 bits per heavy atom. The van der Waals surface area contributed by atoms with Crippen molar-refractivity contribution in [1.29, 1.82) is 0 Å². The quantitative estimate of drug-likeness (QED) is 0.171. The van der Waals surface area contributed by atoms with Crippen LogP contribution in [0.3, 0.4) is 0 Å². The average molecular weight is 454 g/mol. The van der Waals surface area contributed by atoms with E-state index in [1.807, 2.05) is 61.5 Å². The molecule has 0 atom stereocenters. The van der Waals surface area contributed by atoms with Gasteiger partial charge in [0.15, 0.2) is 11.2 Å². The highest BCUT2D eigenvalue weighted by Crippen LogP contribution is 2.45. The number of aromatic nitrogens is 4. The SMILES string of the molecule is CCOC(=O)C(C(=O)OCC)=C1c2ccccc2-c2nc3c(nc21)c(C)nn3-c1ccccc1. The summed E-state index contributed by atoms with van der Waals surface area (Å²) in [5.41, 5.74) is 5.34. The van der Waals surface area contributed by atoms with Crippen LogP contribution < -0.4 is 0 Å². The lowest BCUT2D eigenvalue weighted by Gasteiger charge is -2.11. The maximum absolute atomic E-state index is 12.9. The average Bonchev–Trinajstić information content (AvgIpc) is 3.34. The van der Waals surface area contributed by atoms with Gasteiger partial charge in [0.2, 0.25) is 0 Å². The van der Waals surface area contributed by atoms with Crippen LogP contribution in [0.15, 0.2) is 60.2 Å². The molecule has 0 N–H and O–H groups in total. The van der Waals surface area contributed by atoms with Crippen LogP contribution in [0.2, 0.25) is 0 Å². The van der Waals surface area contributed by atoms with Gasteiger partial charge in [0.25, 0.3) is 0 Å². The third-order valence-corrected chi connectivity index (χ3v) is 5.57. The van der Waals surface area contributed by atoms with Crippen molar-refractivity contribution in [3.8, 4) is 16.9 Å². The highest BCUT2D eigenvalue weighted by atomic mass is 16.6. The number of fused-ring (bicyclic) bond motifs is 4. The molecule has 8 heteroatoms. The van der Waals surface area contributed by atoms with Crippen molar-refractivity contribution >= 4 is 28.7 Å². The minimum atomic E-state index is -0.753. The number of nitrogens with zero attached hydrogens (tertiary/aromatic N) is 4. The zero-order valence-electron chi connectivity index (χ0n) is 19.0. The van der Waals surface area contributed by atoms with Crippen LogP contribution in [0.1, 0.15) is 30.8 Å². The van der Waals surface area contributed by atoms with E-state index in [4.69, 9.17) is 19.4 Å². The van der Waals surface area contributed by atoms with Crippen LogP contribution in [0.25, 0.3) is 33.7 Å². The Morgan fingerprint density at radius 3 is 2.09 bits per heavy atom.